The summed E-state index contributed by atoms with van der Waals surface area (Å²) < 4.78 is 4.89. The molecule has 2 atom stereocenters. The Morgan fingerprint density at radius 3 is 1.45 bits per heavy atom. The van der Waals surface area contributed by atoms with Crippen LogP contribution in [0.25, 0.3) is 56.5 Å². The number of allylic oxidation sites excluding steroid dienone is 2. The lowest BCUT2D eigenvalue weighted by atomic mass is 9.93. The van der Waals surface area contributed by atoms with E-state index in [1.54, 1.807) is 0 Å². The lowest BCUT2D eigenvalue weighted by Crippen LogP contribution is -2.05. The molecule has 194 valence electrons. The number of benzene rings is 4. The normalized spacial score (nSPS) is 17.9. The van der Waals surface area contributed by atoms with Crippen molar-refractivity contribution in [2.24, 2.45) is 11.8 Å². The van der Waals surface area contributed by atoms with Gasteiger partial charge in [0.05, 0.1) is 11.0 Å². The third-order valence-electron chi connectivity index (χ3n) is 8.80. The molecule has 0 saturated carbocycles. The van der Waals surface area contributed by atoms with E-state index in [2.05, 4.69) is 144 Å². The van der Waals surface area contributed by atoms with Crippen molar-refractivity contribution < 1.29 is 0 Å². The van der Waals surface area contributed by atoms with Crippen molar-refractivity contribution in [3.63, 3.8) is 0 Å². The van der Waals surface area contributed by atoms with Crippen LogP contribution in [0.5, 0.6) is 0 Å². The smallest absolute Gasteiger partial charge is 0.0537 e. The average Bonchev–Trinajstić information content (AvgIpc) is 3.49. The largest absolute Gasteiger partial charge is 0.310 e. The van der Waals surface area contributed by atoms with Crippen LogP contribution < -0.4 is 0 Å². The van der Waals surface area contributed by atoms with E-state index in [0.717, 1.165) is 12.8 Å². The molecule has 0 spiro atoms. The first-order valence-corrected chi connectivity index (χ1v) is 14.5. The van der Waals surface area contributed by atoms with Crippen LogP contribution in [0.4, 0.5) is 0 Å². The van der Waals surface area contributed by atoms with Crippen LogP contribution in [0.3, 0.4) is 0 Å². The topological polar surface area (TPSA) is 9.86 Å². The van der Waals surface area contributed by atoms with Crippen LogP contribution in [0.2, 0.25) is 0 Å². The van der Waals surface area contributed by atoms with Crippen molar-refractivity contribution in [1.82, 2.24) is 9.13 Å². The van der Waals surface area contributed by atoms with Gasteiger partial charge >= 0.3 is 0 Å². The number of fused-ring (bicyclic) bond motifs is 6. The highest BCUT2D eigenvalue weighted by Crippen LogP contribution is 2.38. The fourth-order valence-electron chi connectivity index (χ4n) is 6.93. The van der Waals surface area contributed by atoms with Crippen molar-refractivity contribution in [2.45, 2.75) is 26.7 Å². The minimum atomic E-state index is 0.564. The van der Waals surface area contributed by atoms with Gasteiger partial charge in [0.2, 0.25) is 0 Å². The molecule has 0 saturated heterocycles. The Kier molecular flexibility index (Phi) is 5.25. The monoisotopic (exact) mass is 516 g/mol. The molecule has 8 rings (SSSR count). The molecule has 2 nitrogen and oxygen atoms in total. The van der Waals surface area contributed by atoms with Gasteiger partial charge in [-0.2, -0.15) is 0 Å². The molecule has 6 aromatic rings. The zero-order valence-electron chi connectivity index (χ0n) is 23.0. The van der Waals surface area contributed by atoms with Gasteiger partial charge in [-0.05, 0) is 95.5 Å². The first-order chi connectivity index (χ1) is 19.7. The Morgan fingerprint density at radius 1 is 0.525 bits per heavy atom. The van der Waals surface area contributed by atoms with Gasteiger partial charge < -0.3 is 9.13 Å². The molecule has 2 heteroatoms. The predicted octanol–water partition coefficient (Wildman–Crippen LogP) is 9.65. The van der Waals surface area contributed by atoms with Crippen molar-refractivity contribution >= 4 is 34.0 Å². The first kappa shape index (κ1) is 23.3. The molecule has 0 aliphatic heterocycles. The van der Waals surface area contributed by atoms with Gasteiger partial charge in [-0.15, -0.1) is 0 Å². The highest BCUT2D eigenvalue weighted by Gasteiger charge is 2.22. The van der Waals surface area contributed by atoms with Crippen LogP contribution in [0, 0.1) is 11.8 Å². The van der Waals surface area contributed by atoms with Crippen LogP contribution in [0.15, 0.2) is 109 Å². The Morgan fingerprint density at radius 2 is 0.975 bits per heavy atom. The third kappa shape index (κ3) is 3.56. The summed E-state index contributed by atoms with van der Waals surface area (Å²) >= 11 is 0. The van der Waals surface area contributed by atoms with E-state index < -0.39 is 0 Å². The summed E-state index contributed by atoms with van der Waals surface area (Å²) in [6.45, 7) is 4.61. The molecule has 2 aliphatic rings. The molecule has 2 aromatic heterocycles. The molecule has 2 aliphatic carbocycles. The number of nitrogens with zero attached hydrogens (tertiary/aromatic N) is 2. The molecule has 0 amide bonds. The Labute approximate surface area is 235 Å². The second-order valence-corrected chi connectivity index (χ2v) is 11.6. The summed E-state index contributed by atoms with van der Waals surface area (Å²) in [7, 11) is 0. The number of rotatable bonds is 3. The summed E-state index contributed by atoms with van der Waals surface area (Å²) in [6.07, 6.45) is 11.5. The average molecular weight is 517 g/mol. The summed E-state index contributed by atoms with van der Waals surface area (Å²) in [4.78, 5) is 0. The maximum atomic E-state index is 2.45. The van der Waals surface area contributed by atoms with Gasteiger partial charge in [0.25, 0.3) is 0 Å². The van der Waals surface area contributed by atoms with E-state index in [1.165, 1.54) is 66.8 Å². The van der Waals surface area contributed by atoms with Gasteiger partial charge in [0, 0.05) is 33.5 Å². The van der Waals surface area contributed by atoms with E-state index in [0.29, 0.717) is 11.8 Å². The fourth-order valence-corrected chi connectivity index (χ4v) is 6.93. The molecule has 0 bridgehead atoms. The summed E-state index contributed by atoms with van der Waals surface area (Å²) in [5.74, 6) is 1.13. The fraction of sp³-hybridized carbons (Fsp3) is 0.158. The molecular formula is C38H32N2. The predicted molar refractivity (Wildman–Crippen MR) is 169 cm³/mol. The minimum absolute atomic E-state index is 0.564. The van der Waals surface area contributed by atoms with E-state index in [4.69, 9.17) is 0 Å². The number of hydrogen-bond acceptors (Lipinski definition) is 0. The van der Waals surface area contributed by atoms with E-state index in [1.807, 2.05) is 0 Å². The maximum Gasteiger partial charge on any atom is 0.0537 e. The maximum absolute atomic E-state index is 2.45. The minimum Gasteiger partial charge on any atom is -0.310 e. The molecule has 0 N–H and O–H groups in total. The van der Waals surface area contributed by atoms with Crippen LogP contribution in [-0.4, -0.2) is 9.13 Å². The molecule has 40 heavy (non-hydrogen) atoms. The number of para-hydroxylation sites is 2. The second kappa shape index (κ2) is 8.99. The summed E-state index contributed by atoms with van der Waals surface area (Å²) in [6, 6.07) is 35.8. The van der Waals surface area contributed by atoms with Crippen LogP contribution >= 0.6 is 0 Å². The summed E-state index contributed by atoms with van der Waals surface area (Å²) in [5.41, 5.74) is 13.0. The van der Waals surface area contributed by atoms with Crippen molar-refractivity contribution in [3.05, 3.63) is 132 Å². The number of hydrogen-bond donors (Lipinski definition) is 0. The van der Waals surface area contributed by atoms with E-state index in [9.17, 15) is 0 Å². The van der Waals surface area contributed by atoms with Gasteiger partial charge in [-0.1, -0.05) is 86.7 Å². The zero-order valence-corrected chi connectivity index (χ0v) is 23.0. The van der Waals surface area contributed by atoms with Gasteiger partial charge in [0.1, 0.15) is 0 Å². The Balaban J connectivity index is 1.27. The standard InChI is InChI=1S/C38H32N2/c1-25-17-19-37-33(21-25)31-13-3-5-15-35(31)39(37)29-11-7-9-27(23-29)28-10-8-12-30(24-28)40-36-16-6-4-14-32(36)34-22-26(2)18-20-38(34)40/h3-20,23-26H,21-22H2,1-2H3. The number of aromatic nitrogens is 2. The molecule has 0 fully saturated rings. The van der Waals surface area contributed by atoms with E-state index >= 15 is 0 Å². The second-order valence-electron chi connectivity index (χ2n) is 11.6. The van der Waals surface area contributed by atoms with E-state index in [-0.39, 0.29) is 0 Å². The van der Waals surface area contributed by atoms with Crippen LogP contribution in [-0.2, 0) is 12.8 Å². The van der Waals surface area contributed by atoms with Gasteiger partial charge in [0.15, 0.2) is 0 Å². The highest BCUT2D eigenvalue weighted by atomic mass is 15.0. The SMILES string of the molecule is CC1C=Cc2c(c3ccccc3n2-c2cccc(-c3cccc(-n4c5c(c6ccccc64)CC(C)C=C5)c3)c2)C1. The molecule has 2 unspecified atom stereocenters. The Hall–Kier alpha value is -4.56. The highest BCUT2D eigenvalue weighted by molar-refractivity contribution is 5.92. The lowest BCUT2D eigenvalue weighted by Gasteiger charge is -2.17. The Bertz CT molecular complexity index is 1850. The summed E-state index contributed by atoms with van der Waals surface area (Å²) in [5, 5.41) is 2.74. The van der Waals surface area contributed by atoms with Crippen molar-refractivity contribution in [3.8, 4) is 22.5 Å². The van der Waals surface area contributed by atoms with Crippen LogP contribution in [0.1, 0.15) is 36.4 Å². The molecule has 4 aromatic carbocycles. The molecular weight excluding hydrogens is 484 g/mol. The quantitative estimate of drug-likeness (QED) is 0.222. The van der Waals surface area contributed by atoms with Gasteiger partial charge in [-0.25, -0.2) is 0 Å². The van der Waals surface area contributed by atoms with Gasteiger partial charge in [-0.3, -0.25) is 0 Å². The zero-order chi connectivity index (χ0) is 26.8. The molecule has 2 heterocycles. The third-order valence-corrected chi connectivity index (χ3v) is 8.80. The van der Waals surface area contributed by atoms with Crippen molar-refractivity contribution in [2.75, 3.05) is 0 Å². The first-order valence-electron chi connectivity index (χ1n) is 14.5. The molecule has 0 radical (unpaired) electrons. The van der Waals surface area contributed by atoms with Crippen molar-refractivity contribution in [1.29, 1.82) is 0 Å². The lowest BCUT2D eigenvalue weighted by molar-refractivity contribution is 0.717.